The zero-order chi connectivity index (χ0) is 33.8. The van der Waals surface area contributed by atoms with Crippen molar-refractivity contribution in [1.29, 1.82) is 0 Å². The number of nitrogens with zero attached hydrogens (tertiary/aromatic N) is 2. The van der Waals surface area contributed by atoms with Crippen LogP contribution < -0.4 is 15.4 Å². The normalized spacial score (nSPS) is 22.3. The van der Waals surface area contributed by atoms with Crippen LogP contribution in [0.3, 0.4) is 0 Å². The average molecular weight is 651 g/mol. The second-order valence-electron chi connectivity index (χ2n) is 13.4. The summed E-state index contributed by atoms with van der Waals surface area (Å²) in [4.78, 5) is 43.7. The Balaban J connectivity index is 1.56. The number of carbonyl (C=O) groups excluding carboxylic acids is 3. The first-order valence-electron chi connectivity index (χ1n) is 17.3. The van der Waals surface area contributed by atoms with Crippen LogP contribution in [0.15, 0.2) is 48.5 Å². The maximum atomic E-state index is 14.4. The van der Waals surface area contributed by atoms with Gasteiger partial charge >= 0.3 is 6.03 Å². The Morgan fingerprint density at radius 3 is 2.47 bits per heavy atom. The number of anilines is 1. The lowest BCUT2D eigenvalue weighted by Gasteiger charge is -2.36. The van der Waals surface area contributed by atoms with Gasteiger partial charge in [-0.3, -0.25) is 9.59 Å². The minimum absolute atomic E-state index is 0.106. The van der Waals surface area contributed by atoms with Gasteiger partial charge in [0.2, 0.25) is 5.91 Å². The first-order valence-corrected chi connectivity index (χ1v) is 17.3. The third-order valence-corrected chi connectivity index (χ3v) is 9.28. The number of hydrogen-bond donors (Lipinski definition) is 3. The summed E-state index contributed by atoms with van der Waals surface area (Å²) in [5.41, 5.74) is 1.70. The highest BCUT2D eigenvalue weighted by Crippen LogP contribution is 2.29. The zero-order valence-corrected chi connectivity index (χ0v) is 28.6. The van der Waals surface area contributed by atoms with Crippen LogP contribution >= 0.6 is 0 Å². The lowest BCUT2D eigenvalue weighted by atomic mass is 9.96. The number of urea groups is 1. The number of rotatable bonds is 8. The van der Waals surface area contributed by atoms with Crippen LogP contribution in [0.2, 0.25) is 0 Å². The molecule has 1 aliphatic heterocycles. The predicted octanol–water partition coefficient (Wildman–Crippen LogP) is 5.64. The smallest absolute Gasteiger partial charge is 0.317 e. The number of ether oxygens (including phenoxy) is 2. The number of likely N-dealkylation sites (N-methyl/N-ethyl adjacent to an activating group) is 1. The van der Waals surface area contributed by atoms with Crippen LogP contribution in [-0.2, 0) is 16.0 Å². The largest absolute Gasteiger partial charge is 0.490 e. The van der Waals surface area contributed by atoms with Gasteiger partial charge in [0, 0.05) is 44.4 Å². The van der Waals surface area contributed by atoms with Crippen LogP contribution in [0.1, 0.15) is 88.1 Å². The SMILES string of the molecule is C[C@@H]1CCCCO[C@H](CN(C)C(=O)NC2CCCCC2)[C@H](C)CN([C@H](C)CO)C(=O)c2cc(NC(=O)Cc3ccccc3)ccc2O1. The molecule has 2 aromatic carbocycles. The van der Waals surface area contributed by atoms with Crippen molar-refractivity contribution in [3.63, 3.8) is 0 Å². The first-order chi connectivity index (χ1) is 22.6. The van der Waals surface area contributed by atoms with E-state index in [1.54, 1.807) is 35.0 Å². The van der Waals surface area contributed by atoms with Gasteiger partial charge in [-0.1, -0.05) is 56.5 Å². The summed E-state index contributed by atoms with van der Waals surface area (Å²) in [7, 11) is 1.79. The molecule has 10 heteroatoms. The Morgan fingerprint density at radius 2 is 1.74 bits per heavy atom. The van der Waals surface area contributed by atoms with Crippen molar-refractivity contribution in [3.8, 4) is 5.75 Å². The number of nitrogens with one attached hydrogen (secondary N) is 2. The molecular formula is C37H54N4O6. The molecule has 4 rings (SSSR count). The van der Waals surface area contributed by atoms with Gasteiger partial charge in [-0.15, -0.1) is 0 Å². The van der Waals surface area contributed by atoms with E-state index in [1.807, 2.05) is 51.1 Å². The topological polar surface area (TPSA) is 120 Å². The molecule has 1 heterocycles. The zero-order valence-electron chi connectivity index (χ0n) is 28.6. The van der Waals surface area contributed by atoms with E-state index in [4.69, 9.17) is 9.47 Å². The van der Waals surface area contributed by atoms with E-state index < -0.39 is 6.04 Å². The van der Waals surface area contributed by atoms with Gasteiger partial charge in [0.1, 0.15) is 5.75 Å². The third kappa shape index (κ3) is 11.0. The Morgan fingerprint density at radius 1 is 1.02 bits per heavy atom. The molecule has 0 bridgehead atoms. The number of hydrogen-bond acceptors (Lipinski definition) is 6. The summed E-state index contributed by atoms with van der Waals surface area (Å²) >= 11 is 0. The minimum atomic E-state index is -0.493. The molecule has 1 aliphatic carbocycles. The van der Waals surface area contributed by atoms with Gasteiger partial charge in [0.05, 0.1) is 36.8 Å². The van der Waals surface area contributed by atoms with Gasteiger partial charge < -0.3 is 35.0 Å². The second-order valence-corrected chi connectivity index (χ2v) is 13.4. The summed E-state index contributed by atoms with van der Waals surface area (Å²) < 4.78 is 12.7. The highest BCUT2D eigenvalue weighted by atomic mass is 16.5. The van der Waals surface area contributed by atoms with Crippen LogP contribution in [-0.4, -0.2) is 90.4 Å². The lowest BCUT2D eigenvalue weighted by Crippen LogP contribution is -2.50. The Labute approximate surface area is 280 Å². The summed E-state index contributed by atoms with van der Waals surface area (Å²) in [5.74, 6) is -0.211. The highest BCUT2D eigenvalue weighted by molar-refractivity contribution is 6.00. The first kappa shape index (κ1) is 36.2. The molecule has 0 saturated heterocycles. The van der Waals surface area contributed by atoms with E-state index >= 15 is 0 Å². The van der Waals surface area contributed by atoms with Gasteiger partial charge in [-0.25, -0.2) is 4.79 Å². The molecule has 2 aliphatic rings. The number of fused-ring (bicyclic) bond motifs is 1. The van der Waals surface area contributed by atoms with Gasteiger partial charge in [0.15, 0.2) is 0 Å². The second kappa shape index (κ2) is 18.1. The third-order valence-electron chi connectivity index (χ3n) is 9.28. The molecule has 0 radical (unpaired) electrons. The standard InChI is InChI=1S/C37H54N4O6/c1-26-23-41(27(2)25-42)36(44)32-22-31(38-35(43)21-29-14-7-5-8-15-29)18-19-33(32)47-28(3)13-11-12-20-46-34(26)24-40(4)37(45)39-30-16-9-6-10-17-30/h5,7-8,14-15,18-19,22,26-28,30,34,42H,6,9-13,16-17,20-21,23-25H2,1-4H3,(H,38,43)(H,39,45)/t26-,27-,28-,34-/m1/s1. The fraction of sp³-hybridized carbons (Fsp3) is 0.595. The Bertz CT molecular complexity index is 1300. The van der Waals surface area contributed by atoms with Crippen LogP contribution in [0.25, 0.3) is 0 Å². The van der Waals surface area contributed by atoms with Crippen LogP contribution in [0.5, 0.6) is 5.75 Å². The van der Waals surface area contributed by atoms with Crippen molar-refractivity contribution >= 4 is 23.5 Å². The van der Waals surface area contributed by atoms with E-state index in [9.17, 15) is 19.5 Å². The molecule has 3 N–H and O–H groups in total. The van der Waals surface area contributed by atoms with Crippen molar-refractivity contribution in [1.82, 2.24) is 15.1 Å². The van der Waals surface area contributed by atoms with Crippen molar-refractivity contribution in [2.75, 3.05) is 38.7 Å². The number of benzene rings is 2. The molecule has 1 saturated carbocycles. The van der Waals surface area contributed by atoms with Crippen LogP contribution in [0, 0.1) is 5.92 Å². The minimum Gasteiger partial charge on any atom is -0.490 e. The summed E-state index contributed by atoms with van der Waals surface area (Å²) in [6.07, 6.45) is 7.73. The highest BCUT2D eigenvalue weighted by Gasteiger charge is 2.31. The lowest BCUT2D eigenvalue weighted by molar-refractivity contribution is -0.115. The maximum absolute atomic E-state index is 14.4. The van der Waals surface area contributed by atoms with E-state index in [0.29, 0.717) is 36.7 Å². The number of aliphatic hydroxyl groups is 1. The molecule has 4 amide bonds. The monoisotopic (exact) mass is 650 g/mol. The average Bonchev–Trinajstić information content (AvgIpc) is 3.06. The molecule has 0 unspecified atom stereocenters. The summed E-state index contributed by atoms with van der Waals surface area (Å²) in [6, 6.07) is 14.3. The van der Waals surface area contributed by atoms with E-state index in [1.165, 1.54) is 6.42 Å². The van der Waals surface area contributed by atoms with Gasteiger partial charge in [-0.05, 0) is 69.7 Å². The van der Waals surface area contributed by atoms with Crippen LogP contribution in [0.4, 0.5) is 10.5 Å². The fourth-order valence-corrected chi connectivity index (χ4v) is 6.33. The molecule has 4 atom stereocenters. The van der Waals surface area contributed by atoms with Crippen molar-refractivity contribution in [3.05, 3.63) is 59.7 Å². The van der Waals surface area contributed by atoms with Crippen molar-refractivity contribution < 1.29 is 29.0 Å². The van der Waals surface area contributed by atoms with E-state index in [-0.39, 0.29) is 55.0 Å². The van der Waals surface area contributed by atoms with Crippen molar-refractivity contribution in [2.24, 2.45) is 5.92 Å². The molecule has 10 nitrogen and oxygen atoms in total. The fourth-order valence-electron chi connectivity index (χ4n) is 6.33. The molecule has 258 valence electrons. The number of carbonyl (C=O) groups is 3. The van der Waals surface area contributed by atoms with Gasteiger partial charge in [-0.2, -0.15) is 0 Å². The predicted molar refractivity (Wildman–Crippen MR) is 184 cm³/mol. The number of aliphatic hydroxyl groups excluding tert-OH is 1. The molecule has 0 spiro atoms. The van der Waals surface area contributed by atoms with Crippen molar-refractivity contribution in [2.45, 2.75) is 103 Å². The van der Waals surface area contributed by atoms with E-state index in [0.717, 1.165) is 50.5 Å². The maximum Gasteiger partial charge on any atom is 0.317 e. The molecule has 2 aromatic rings. The molecular weight excluding hydrogens is 596 g/mol. The van der Waals surface area contributed by atoms with Gasteiger partial charge in [0.25, 0.3) is 5.91 Å². The quantitative estimate of drug-likeness (QED) is 0.340. The summed E-state index contributed by atoms with van der Waals surface area (Å²) in [5, 5.41) is 16.4. The molecule has 1 fully saturated rings. The number of amides is 4. The summed E-state index contributed by atoms with van der Waals surface area (Å²) in [6.45, 7) is 6.79. The Hall–Kier alpha value is -3.63. The molecule has 47 heavy (non-hydrogen) atoms. The molecule has 0 aromatic heterocycles. The van der Waals surface area contributed by atoms with E-state index in [2.05, 4.69) is 10.6 Å². The Kier molecular flexibility index (Phi) is 13.9.